The quantitative estimate of drug-likeness (QED) is 0.318. The zero-order chi connectivity index (χ0) is 17.4. The summed E-state index contributed by atoms with van der Waals surface area (Å²) in [6.07, 6.45) is 1.91. The Morgan fingerprint density at radius 2 is 1.71 bits per heavy atom. The number of ether oxygens (including phenoxy) is 2. The van der Waals surface area contributed by atoms with Gasteiger partial charge in [-0.1, -0.05) is 67.6 Å². The first-order valence-electron chi connectivity index (χ1n) is 8.47. The smallest absolute Gasteiger partial charge is 0.189 e. The minimum absolute atomic E-state index is 0.282. The topological polar surface area (TPSA) is 18.5 Å². The van der Waals surface area contributed by atoms with E-state index in [1.54, 1.807) is 0 Å². The predicted molar refractivity (Wildman–Crippen MR) is 105 cm³/mol. The molecule has 0 atom stereocenters. The van der Waals surface area contributed by atoms with Crippen LogP contribution in [0.25, 0.3) is 0 Å². The molecule has 0 unspecified atom stereocenters. The van der Waals surface area contributed by atoms with Gasteiger partial charge in [0.2, 0.25) is 0 Å². The summed E-state index contributed by atoms with van der Waals surface area (Å²) in [5.74, 6) is 0.761. The van der Waals surface area contributed by atoms with Crippen molar-refractivity contribution in [3.63, 3.8) is 0 Å². The monoisotopic (exact) mass is 362 g/mol. The third kappa shape index (κ3) is 7.08. The molecule has 2 nitrogen and oxygen atoms in total. The van der Waals surface area contributed by atoms with E-state index in [4.69, 9.17) is 21.1 Å². The molecule has 0 saturated carbocycles. The number of aryl methyl sites for hydroxylation is 2. The Bertz CT molecular complexity index is 623. The summed E-state index contributed by atoms with van der Waals surface area (Å²) in [5.41, 5.74) is 2.47. The molecule has 0 aromatic heterocycles. The van der Waals surface area contributed by atoms with Crippen LogP contribution in [-0.2, 0) is 17.6 Å². The van der Waals surface area contributed by atoms with Crippen LogP contribution < -0.4 is 4.74 Å². The van der Waals surface area contributed by atoms with Gasteiger partial charge in [-0.15, -0.1) is 0 Å². The first-order valence-corrected chi connectivity index (χ1v) is 12.6. The van der Waals surface area contributed by atoms with Crippen LogP contribution in [0.4, 0.5) is 0 Å². The van der Waals surface area contributed by atoms with Crippen LogP contribution in [0.5, 0.6) is 5.75 Å². The van der Waals surface area contributed by atoms with Gasteiger partial charge in [-0.05, 0) is 42.1 Å². The highest BCUT2D eigenvalue weighted by Gasteiger charge is 2.12. The molecule has 2 rings (SSSR count). The zero-order valence-electron chi connectivity index (χ0n) is 14.8. The molecule has 4 heteroatoms. The Hall–Kier alpha value is -1.29. The third-order valence-electron chi connectivity index (χ3n) is 3.86. The lowest BCUT2D eigenvalue weighted by Crippen LogP contribution is -2.22. The Kier molecular flexibility index (Phi) is 7.34. The molecule has 130 valence electrons. The Balaban J connectivity index is 1.77. The lowest BCUT2D eigenvalue weighted by molar-refractivity contribution is 0.0220. The van der Waals surface area contributed by atoms with E-state index in [-0.39, 0.29) is 6.79 Å². The van der Waals surface area contributed by atoms with Gasteiger partial charge in [-0.2, -0.15) is 0 Å². The van der Waals surface area contributed by atoms with Gasteiger partial charge in [0.05, 0.1) is 0 Å². The van der Waals surface area contributed by atoms with E-state index in [1.165, 1.54) is 5.56 Å². The SMILES string of the molecule is C[Si](C)(C)CCOCOc1ccc(CCc2ccccc2)c(Cl)c1. The van der Waals surface area contributed by atoms with Crippen molar-refractivity contribution in [3.8, 4) is 5.75 Å². The second-order valence-corrected chi connectivity index (χ2v) is 13.2. The summed E-state index contributed by atoms with van der Waals surface area (Å²) in [4.78, 5) is 0. The average molecular weight is 363 g/mol. The van der Waals surface area contributed by atoms with Crippen molar-refractivity contribution in [2.45, 2.75) is 38.5 Å². The Morgan fingerprint density at radius 3 is 2.38 bits per heavy atom. The van der Waals surface area contributed by atoms with Gasteiger partial charge in [0, 0.05) is 19.7 Å². The lowest BCUT2D eigenvalue weighted by atomic mass is 10.0. The van der Waals surface area contributed by atoms with Gasteiger partial charge >= 0.3 is 0 Å². The highest BCUT2D eigenvalue weighted by atomic mass is 35.5. The predicted octanol–water partition coefficient (Wildman–Crippen LogP) is 5.82. The van der Waals surface area contributed by atoms with Crippen LogP contribution in [0, 0.1) is 0 Å². The fraction of sp³-hybridized carbons (Fsp3) is 0.400. The summed E-state index contributed by atoms with van der Waals surface area (Å²) >= 11 is 6.38. The molecule has 0 amide bonds. The maximum absolute atomic E-state index is 6.38. The van der Waals surface area contributed by atoms with Gasteiger partial charge < -0.3 is 9.47 Å². The second-order valence-electron chi connectivity index (χ2n) is 7.22. The van der Waals surface area contributed by atoms with Crippen LogP contribution in [0.15, 0.2) is 48.5 Å². The molecule has 0 radical (unpaired) electrons. The fourth-order valence-electron chi connectivity index (χ4n) is 2.29. The zero-order valence-corrected chi connectivity index (χ0v) is 16.6. The average Bonchev–Trinajstić information content (AvgIpc) is 2.53. The van der Waals surface area contributed by atoms with Crippen molar-refractivity contribution in [3.05, 3.63) is 64.7 Å². The van der Waals surface area contributed by atoms with Gasteiger partial charge in [0.1, 0.15) is 5.75 Å². The second kappa shape index (κ2) is 9.26. The lowest BCUT2D eigenvalue weighted by Gasteiger charge is -2.15. The minimum Gasteiger partial charge on any atom is -0.468 e. The van der Waals surface area contributed by atoms with Crippen LogP contribution in [0.1, 0.15) is 11.1 Å². The molecule has 24 heavy (non-hydrogen) atoms. The number of benzene rings is 2. The molecule has 0 spiro atoms. The van der Waals surface area contributed by atoms with Gasteiger partial charge in [0.25, 0.3) is 0 Å². The van der Waals surface area contributed by atoms with Crippen molar-refractivity contribution >= 4 is 19.7 Å². The highest BCUT2D eigenvalue weighted by Crippen LogP contribution is 2.24. The molecule has 0 heterocycles. The first-order chi connectivity index (χ1) is 11.4. The van der Waals surface area contributed by atoms with Crippen LogP contribution >= 0.6 is 11.6 Å². The van der Waals surface area contributed by atoms with E-state index in [9.17, 15) is 0 Å². The third-order valence-corrected chi connectivity index (χ3v) is 5.91. The van der Waals surface area contributed by atoms with Crippen molar-refractivity contribution < 1.29 is 9.47 Å². The largest absolute Gasteiger partial charge is 0.468 e. The van der Waals surface area contributed by atoms with Gasteiger partial charge in [0.15, 0.2) is 6.79 Å². The molecule has 2 aromatic rings. The molecule has 0 bridgehead atoms. The van der Waals surface area contributed by atoms with Crippen molar-refractivity contribution in [2.75, 3.05) is 13.4 Å². The van der Waals surface area contributed by atoms with E-state index < -0.39 is 8.07 Å². The van der Waals surface area contributed by atoms with E-state index in [1.807, 2.05) is 24.3 Å². The first kappa shape index (κ1) is 19.0. The molecule has 0 saturated heterocycles. The van der Waals surface area contributed by atoms with Crippen LogP contribution in [-0.4, -0.2) is 21.5 Å². The van der Waals surface area contributed by atoms with Gasteiger partial charge in [-0.25, -0.2) is 0 Å². The number of hydrogen-bond donors (Lipinski definition) is 0. The van der Waals surface area contributed by atoms with E-state index >= 15 is 0 Å². The van der Waals surface area contributed by atoms with Crippen LogP contribution in [0.3, 0.4) is 0 Å². The number of rotatable bonds is 9. The van der Waals surface area contributed by atoms with Crippen molar-refractivity contribution in [1.29, 1.82) is 0 Å². The standard InChI is InChI=1S/C20H27ClO2Si/c1-24(2,3)14-13-22-16-23-19-12-11-18(20(21)15-19)10-9-17-7-5-4-6-8-17/h4-8,11-12,15H,9-10,13-14,16H2,1-3H3. The molecular weight excluding hydrogens is 336 g/mol. The summed E-state index contributed by atoms with van der Waals surface area (Å²) in [6.45, 7) is 8.06. The van der Waals surface area contributed by atoms with E-state index in [2.05, 4.69) is 43.9 Å². The molecule has 0 N–H and O–H groups in total. The highest BCUT2D eigenvalue weighted by molar-refractivity contribution is 6.76. The molecule has 0 fully saturated rings. The van der Waals surface area contributed by atoms with Crippen molar-refractivity contribution in [2.24, 2.45) is 0 Å². The van der Waals surface area contributed by atoms with Gasteiger partial charge in [-0.3, -0.25) is 0 Å². The van der Waals surface area contributed by atoms with E-state index in [0.29, 0.717) is 0 Å². The van der Waals surface area contributed by atoms with Crippen LogP contribution in [0.2, 0.25) is 30.7 Å². The van der Waals surface area contributed by atoms with Crippen molar-refractivity contribution in [1.82, 2.24) is 0 Å². The maximum atomic E-state index is 6.38. The molecule has 0 aliphatic carbocycles. The summed E-state index contributed by atoms with van der Waals surface area (Å²) < 4.78 is 11.2. The summed E-state index contributed by atoms with van der Waals surface area (Å²) in [7, 11) is -1.04. The summed E-state index contributed by atoms with van der Waals surface area (Å²) in [6, 6.07) is 17.5. The molecule has 2 aromatic carbocycles. The molecular formula is C20H27ClO2Si. The normalized spacial score (nSPS) is 11.5. The maximum Gasteiger partial charge on any atom is 0.189 e. The fourth-order valence-corrected chi connectivity index (χ4v) is 3.31. The number of halogens is 1. The molecule has 0 aliphatic rings. The molecule has 0 aliphatic heterocycles. The summed E-state index contributed by atoms with van der Waals surface area (Å²) in [5, 5.41) is 0.755. The Labute approximate surface area is 151 Å². The minimum atomic E-state index is -1.04. The Morgan fingerprint density at radius 1 is 0.958 bits per heavy atom. The number of hydrogen-bond acceptors (Lipinski definition) is 2. The van der Waals surface area contributed by atoms with E-state index in [0.717, 1.165) is 41.8 Å².